The molecule has 170 valence electrons. The molecular formula is C24H32O7. The topological polar surface area (TPSA) is 121 Å². The lowest BCUT2D eigenvalue weighted by Gasteiger charge is -2.59. The first kappa shape index (κ1) is 22.4. The molecule has 0 aromatic heterocycles. The molecule has 3 saturated carbocycles. The summed E-state index contributed by atoms with van der Waals surface area (Å²) < 4.78 is 4.86. The number of carbonyl (C=O) groups is 3. The lowest BCUT2D eigenvalue weighted by atomic mass is 9.46. The molecule has 7 heteroatoms. The molecular weight excluding hydrogens is 400 g/mol. The van der Waals surface area contributed by atoms with Gasteiger partial charge in [0.15, 0.2) is 18.0 Å². The second-order valence-electron chi connectivity index (χ2n) is 10.6. The van der Waals surface area contributed by atoms with E-state index in [1.807, 2.05) is 13.0 Å². The van der Waals surface area contributed by atoms with E-state index in [1.165, 1.54) is 13.8 Å². The van der Waals surface area contributed by atoms with Crippen LogP contribution in [0.25, 0.3) is 0 Å². The van der Waals surface area contributed by atoms with Gasteiger partial charge in [-0.1, -0.05) is 25.5 Å². The Morgan fingerprint density at radius 3 is 2.52 bits per heavy atom. The van der Waals surface area contributed by atoms with Crippen LogP contribution in [0.1, 0.15) is 53.4 Å². The number of ether oxygens (including phenoxy) is 1. The van der Waals surface area contributed by atoms with Gasteiger partial charge in [-0.25, -0.2) is 0 Å². The Bertz CT molecular complexity index is 902. The zero-order valence-electron chi connectivity index (χ0n) is 18.6. The van der Waals surface area contributed by atoms with Crippen molar-refractivity contribution >= 4 is 17.5 Å². The maximum absolute atomic E-state index is 13.1. The Morgan fingerprint density at radius 1 is 1.19 bits per heavy atom. The minimum Gasteiger partial charge on any atom is -0.458 e. The molecule has 3 fully saturated rings. The Hall–Kier alpha value is -1.83. The highest BCUT2D eigenvalue weighted by Gasteiger charge is 2.75. The molecule has 3 N–H and O–H groups in total. The molecule has 4 rings (SSSR count). The molecule has 0 bridgehead atoms. The van der Waals surface area contributed by atoms with E-state index in [4.69, 9.17) is 4.74 Å². The van der Waals surface area contributed by atoms with Gasteiger partial charge >= 0.3 is 5.97 Å². The van der Waals surface area contributed by atoms with E-state index < -0.39 is 46.5 Å². The Balaban J connectivity index is 1.75. The summed E-state index contributed by atoms with van der Waals surface area (Å²) in [5.74, 6) is -1.87. The summed E-state index contributed by atoms with van der Waals surface area (Å²) in [6.07, 6.45) is 6.00. The molecule has 0 radical (unpaired) electrons. The fraction of sp³-hybridized carbons (Fsp3) is 0.708. The van der Waals surface area contributed by atoms with Gasteiger partial charge in [-0.3, -0.25) is 14.4 Å². The third kappa shape index (κ3) is 2.86. The number of esters is 1. The van der Waals surface area contributed by atoms with Crippen LogP contribution in [0, 0.1) is 28.6 Å². The first-order valence-electron chi connectivity index (χ1n) is 11.0. The average molecular weight is 433 g/mol. The first-order chi connectivity index (χ1) is 14.3. The number of rotatable bonds is 3. The second kappa shape index (κ2) is 6.83. The van der Waals surface area contributed by atoms with E-state index in [2.05, 4.69) is 0 Å². The summed E-state index contributed by atoms with van der Waals surface area (Å²) in [4.78, 5) is 36.3. The quantitative estimate of drug-likeness (QED) is 0.578. The van der Waals surface area contributed by atoms with Crippen molar-refractivity contribution in [3.05, 3.63) is 23.8 Å². The van der Waals surface area contributed by atoms with Crippen molar-refractivity contribution in [3.8, 4) is 0 Å². The van der Waals surface area contributed by atoms with Gasteiger partial charge in [-0.2, -0.15) is 0 Å². The van der Waals surface area contributed by atoms with Gasteiger partial charge in [0.25, 0.3) is 0 Å². The standard InChI is InChI=1S/C24H32O7/c1-13(25)31-12-19(28)24(30)22(3)11-18(27)20-16(17(22)10-23(24,4)29)6-5-14-9-15(26)7-8-21(14,20)2/h7-9,16-18,20,27,29-30H,5-6,10-12H2,1-4H3/t16?,17?,18-,20?,21?,22?,23+,24-/m0/s1. The fourth-order valence-electron chi connectivity index (χ4n) is 7.55. The lowest BCUT2D eigenvalue weighted by molar-refractivity contribution is -0.206. The molecule has 8 atom stereocenters. The van der Waals surface area contributed by atoms with Gasteiger partial charge in [0.2, 0.25) is 5.78 Å². The SMILES string of the molecule is CC(=O)OCC(=O)[C@]1(O)C2(C)C[C@H](O)C3C(CCC4=CC(=O)C=CC43C)C2C[C@@]1(C)O. The van der Waals surface area contributed by atoms with Crippen LogP contribution >= 0.6 is 0 Å². The highest BCUT2D eigenvalue weighted by Crippen LogP contribution is 2.69. The van der Waals surface area contributed by atoms with Gasteiger partial charge in [0, 0.05) is 23.7 Å². The fourth-order valence-corrected chi connectivity index (χ4v) is 7.55. The van der Waals surface area contributed by atoms with Crippen molar-refractivity contribution in [1.82, 2.24) is 0 Å². The molecule has 0 saturated heterocycles. The molecule has 0 amide bonds. The highest BCUT2D eigenvalue weighted by molar-refractivity contribution is 6.01. The number of hydrogen-bond acceptors (Lipinski definition) is 7. The van der Waals surface area contributed by atoms with Crippen LogP contribution < -0.4 is 0 Å². The lowest BCUT2D eigenvalue weighted by Crippen LogP contribution is -2.66. The number of aliphatic hydroxyl groups excluding tert-OH is 1. The number of Topliss-reactive ketones (excluding diaryl/α,β-unsaturated/α-hetero) is 1. The second-order valence-corrected chi connectivity index (χ2v) is 10.6. The number of fused-ring (bicyclic) bond motifs is 5. The molecule has 4 aliphatic rings. The van der Waals surface area contributed by atoms with E-state index in [0.717, 1.165) is 5.57 Å². The van der Waals surface area contributed by atoms with E-state index in [9.17, 15) is 29.7 Å². The zero-order valence-corrected chi connectivity index (χ0v) is 18.6. The van der Waals surface area contributed by atoms with Crippen LogP contribution in [0.5, 0.6) is 0 Å². The van der Waals surface area contributed by atoms with Crippen molar-refractivity contribution in [3.63, 3.8) is 0 Å². The molecule has 5 unspecified atom stereocenters. The summed E-state index contributed by atoms with van der Waals surface area (Å²) in [6.45, 7) is 5.82. The average Bonchev–Trinajstić information content (AvgIpc) is 2.83. The van der Waals surface area contributed by atoms with Crippen LogP contribution in [-0.2, 0) is 19.1 Å². The zero-order chi connectivity index (χ0) is 23.0. The summed E-state index contributed by atoms with van der Waals surface area (Å²) in [5, 5.41) is 34.4. The van der Waals surface area contributed by atoms with Gasteiger partial charge < -0.3 is 20.1 Å². The van der Waals surface area contributed by atoms with Crippen molar-refractivity contribution in [2.24, 2.45) is 28.6 Å². The molecule has 0 aliphatic heterocycles. The van der Waals surface area contributed by atoms with E-state index >= 15 is 0 Å². The molecule has 0 aromatic rings. The summed E-state index contributed by atoms with van der Waals surface area (Å²) in [5.41, 5.74) is -4.43. The Kier molecular flexibility index (Phi) is 4.93. The number of aliphatic hydroxyl groups is 3. The minimum atomic E-state index is -2.15. The molecule has 7 nitrogen and oxygen atoms in total. The molecule has 4 aliphatic carbocycles. The van der Waals surface area contributed by atoms with Crippen LogP contribution in [0.2, 0.25) is 0 Å². The summed E-state index contributed by atoms with van der Waals surface area (Å²) in [6, 6.07) is 0. The molecule has 31 heavy (non-hydrogen) atoms. The van der Waals surface area contributed by atoms with E-state index in [1.54, 1.807) is 19.1 Å². The normalized spacial score (nSPS) is 48.4. The first-order valence-corrected chi connectivity index (χ1v) is 11.0. The third-order valence-corrected chi connectivity index (χ3v) is 8.92. The predicted octanol–water partition coefficient (Wildman–Crippen LogP) is 1.49. The Labute approximate surface area is 182 Å². The maximum Gasteiger partial charge on any atom is 0.303 e. The van der Waals surface area contributed by atoms with Crippen molar-refractivity contribution in [2.75, 3.05) is 6.61 Å². The minimum absolute atomic E-state index is 0.0456. The van der Waals surface area contributed by atoms with Crippen molar-refractivity contribution < 1.29 is 34.4 Å². The number of ketones is 2. The van der Waals surface area contributed by atoms with Gasteiger partial charge in [-0.05, 0) is 56.6 Å². The van der Waals surface area contributed by atoms with Crippen molar-refractivity contribution in [1.29, 1.82) is 0 Å². The maximum atomic E-state index is 13.1. The molecule has 0 heterocycles. The predicted molar refractivity (Wildman–Crippen MR) is 111 cm³/mol. The monoisotopic (exact) mass is 432 g/mol. The van der Waals surface area contributed by atoms with Gasteiger partial charge in [-0.15, -0.1) is 0 Å². The number of hydrogen-bond donors (Lipinski definition) is 3. The van der Waals surface area contributed by atoms with E-state index in [0.29, 0.717) is 12.8 Å². The smallest absolute Gasteiger partial charge is 0.303 e. The summed E-state index contributed by atoms with van der Waals surface area (Å²) in [7, 11) is 0. The van der Waals surface area contributed by atoms with E-state index in [-0.39, 0.29) is 36.4 Å². The number of allylic oxidation sites excluding steroid dienone is 4. The van der Waals surface area contributed by atoms with Crippen LogP contribution in [0.15, 0.2) is 23.8 Å². The molecule has 0 spiro atoms. The van der Waals surface area contributed by atoms with Gasteiger partial charge in [0.1, 0.15) is 0 Å². The largest absolute Gasteiger partial charge is 0.458 e. The summed E-state index contributed by atoms with van der Waals surface area (Å²) >= 11 is 0. The van der Waals surface area contributed by atoms with Crippen LogP contribution in [-0.4, -0.2) is 56.8 Å². The third-order valence-electron chi connectivity index (χ3n) is 8.92. The number of carbonyl (C=O) groups excluding carboxylic acids is 3. The van der Waals surface area contributed by atoms with Crippen molar-refractivity contribution in [2.45, 2.75) is 70.7 Å². The molecule has 0 aromatic carbocycles. The highest BCUT2D eigenvalue weighted by atomic mass is 16.5. The van der Waals surface area contributed by atoms with Crippen LogP contribution in [0.4, 0.5) is 0 Å². The Morgan fingerprint density at radius 2 is 1.87 bits per heavy atom. The van der Waals surface area contributed by atoms with Gasteiger partial charge in [0.05, 0.1) is 11.7 Å². The van der Waals surface area contributed by atoms with Crippen LogP contribution in [0.3, 0.4) is 0 Å².